The molecule has 1 aromatic rings. The second-order valence-corrected chi connectivity index (χ2v) is 5.89. The summed E-state index contributed by atoms with van der Waals surface area (Å²) in [6.45, 7) is 3.74. The maximum atomic E-state index is 13.7. The first-order chi connectivity index (χ1) is 8.56. The molecule has 1 aliphatic rings. The second-order valence-electron chi connectivity index (χ2n) is 4.74. The summed E-state index contributed by atoms with van der Waals surface area (Å²) in [6, 6.07) is 3.39. The lowest BCUT2D eigenvalue weighted by molar-refractivity contribution is 0.231. The molecule has 0 saturated carbocycles. The van der Waals surface area contributed by atoms with Gasteiger partial charge in [-0.15, -0.1) is 0 Å². The molecule has 1 aromatic carbocycles. The summed E-state index contributed by atoms with van der Waals surface area (Å²) < 4.78 is 19.1. The number of anilines is 2. The van der Waals surface area contributed by atoms with E-state index in [0.29, 0.717) is 11.7 Å². The van der Waals surface area contributed by atoms with Crippen molar-refractivity contribution >= 4 is 23.1 Å². The average molecular weight is 270 g/mol. The molecule has 0 spiro atoms. The predicted molar refractivity (Wildman–Crippen MR) is 75.9 cm³/mol. The van der Waals surface area contributed by atoms with E-state index in [1.807, 2.05) is 25.6 Å². The van der Waals surface area contributed by atoms with E-state index in [2.05, 4.69) is 5.32 Å². The van der Waals surface area contributed by atoms with Crippen LogP contribution in [0.4, 0.5) is 15.8 Å². The maximum Gasteiger partial charge on any atom is 0.167 e. The van der Waals surface area contributed by atoms with Crippen LogP contribution >= 0.6 is 11.8 Å². The third kappa shape index (κ3) is 3.22. The van der Waals surface area contributed by atoms with Crippen molar-refractivity contribution in [3.05, 3.63) is 17.9 Å². The molecule has 1 fully saturated rings. The standard InChI is InChI=1S/C13H19FN2OS/c1-8(2)17-13-6-12(11(15)5-10(13)14)16-9-3-4-18-7-9/h5-6,8-9,16H,3-4,7,15H2,1-2H3. The van der Waals surface area contributed by atoms with Crippen molar-refractivity contribution in [2.75, 3.05) is 22.6 Å². The topological polar surface area (TPSA) is 47.3 Å². The van der Waals surface area contributed by atoms with Gasteiger partial charge in [-0.3, -0.25) is 0 Å². The molecule has 1 heterocycles. The van der Waals surface area contributed by atoms with E-state index in [4.69, 9.17) is 10.5 Å². The van der Waals surface area contributed by atoms with Crippen molar-refractivity contribution in [3.63, 3.8) is 0 Å². The number of nitrogens with one attached hydrogen (secondary N) is 1. The van der Waals surface area contributed by atoms with Gasteiger partial charge in [0.1, 0.15) is 0 Å². The van der Waals surface area contributed by atoms with Crippen LogP contribution in [0.5, 0.6) is 5.75 Å². The smallest absolute Gasteiger partial charge is 0.167 e. The zero-order valence-electron chi connectivity index (χ0n) is 10.7. The van der Waals surface area contributed by atoms with Crippen LogP contribution in [-0.4, -0.2) is 23.7 Å². The molecule has 0 radical (unpaired) electrons. The van der Waals surface area contributed by atoms with Crippen LogP contribution < -0.4 is 15.8 Å². The Morgan fingerprint density at radius 2 is 2.28 bits per heavy atom. The Bertz CT molecular complexity index is 420. The fourth-order valence-corrected chi connectivity index (χ4v) is 3.06. The minimum atomic E-state index is -0.410. The molecule has 3 nitrogen and oxygen atoms in total. The lowest BCUT2D eigenvalue weighted by Crippen LogP contribution is -2.19. The van der Waals surface area contributed by atoms with Gasteiger partial charge in [0, 0.05) is 23.9 Å². The average Bonchev–Trinajstić information content (AvgIpc) is 2.77. The maximum absolute atomic E-state index is 13.7. The van der Waals surface area contributed by atoms with Crippen LogP contribution in [0.1, 0.15) is 20.3 Å². The number of thioether (sulfide) groups is 1. The minimum absolute atomic E-state index is 0.0574. The van der Waals surface area contributed by atoms with Gasteiger partial charge in [-0.05, 0) is 26.0 Å². The highest BCUT2D eigenvalue weighted by molar-refractivity contribution is 7.99. The summed E-state index contributed by atoms with van der Waals surface area (Å²) in [5, 5.41) is 3.36. The van der Waals surface area contributed by atoms with Gasteiger partial charge >= 0.3 is 0 Å². The first kappa shape index (κ1) is 13.3. The van der Waals surface area contributed by atoms with Crippen molar-refractivity contribution in [1.29, 1.82) is 0 Å². The zero-order valence-corrected chi connectivity index (χ0v) is 11.5. The van der Waals surface area contributed by atoms with E-state index >= 15 is 0 Å². The number of benzene rings is 1. The molecule has 5 heteroatoms. The highest BCUT2D eigenvalue weighted by Crippen LogP contribution is 2.31. The number of ether oxygens (including phenoxy) is 1. The predicted octanol–water partition coefficient (Wildman–Crippen LogP) is 3.11. The quantitative estimate of drug-likeness (QED) is 0.825. The second kappa shape index (κ2) is 5.69. The summed E-state index contributed by atoms with van der Waals surface area (Å²) in [4.78, 5) is 0. The van der Waals surface area contributed by atoms with E-state index in [-0.39, 0.29) is 11.9 Å². The lowest BCUT2D eigenvalue weighted by Gasteiger charge is -2.18. The van der Waals surface area contributed by atoms with E-state index in [1.165, 1.54) is 6.07 Å². The van der Waals surface area contributed by atoms with Gasteiger partial charge in [-0.2, -0.15) is 11.8 Å². The molecule has 0 aliphatic carbocycles. The van der Waals surface area contributed by atoms with Gasteiger partial charge in [0.2, 0.25) is 0 Å². The summed E-state index contributed by atoms with van der Waals surface area (Å²) in [5.41, 5.74) is 7.03. The van der Waals surface area contributed by atoms with Crippen molar-refractivity contribution in [1.82, 2.24) is 0 Å². The molecule has 0 bridgehead atoms. The van der Waals surface area contributed by atoms with Crippen LogP contribution in [0.25, 0.3) is 0 Å². The Hall–Kier alpha value is -1.10. The van der Waals surface area contributed by atoms with E-state index < -0.39 is 5.82 Å². The molecule has 18 heavy (non-hydrogen) atoms. The molecule has 3 N–H and O–H groups in total. The summed E-state index contributed by atoms with van der Waals surface area (Å²) in [7, 11) is 0. The number of rotatable bonds is 4. The molecule has 1 unspecified atom stereocenters. The van der Waals surface area contributed by atoms with Crippen molar-refractivity contribution in [3.8, 4) is 5.75 Å². The normalized spacial score (nSPS) is 19.2. The van der Waals surface area contributed by atoms with Gasteiger partial charge in [0.25, 0.3) is 0 Å². The summed E-state index contributed by atoms with van der Waals surface area (Å²) in [5.74, 6) is 2.07. The van der Waals surface area contributed by atoms with Gasteiger partial charge in [0.05, 0.1) is 17.5 Å². The fourth-order valence-electron chi connectivity index (χ4n) is 1.91. The zero-order chi connectivity index (χ0) is 13.1. The Balaban J connectivity index is 2.17. The Morgan fingerprint density at radius 1 is 1.50 bits per heavy atom. The Morgan fingerprint density at radius 3 is 2.89 bits per heavy atom. The van der Waals surface area contributed by atoms with Crippen molar-refractivity contribution in [2.45, 2.75) is 32.4 Å². The molecular weight excluding hydrogens is 251 g/mol. The largest absolute Gasteiger partial charge is 0.488 e. The van der Waals surface area contributed by atoms with Crippen LogP contribution in [0.3, 0.4) is 0 Å². The van der Waals surface area contributed by atoms with Gasteiger partial charge in [-0.25, -0.2) is 4.39 Å². The fraction of sp³-hybridized carbons (Fsp3) is 0.538. The third-order valence-electron chi connectivity index (χ3n) is 2.76. The number of nitrogens with two attached hydrogens (primary N) is 1. The van der Waals surface area contributed by atoms with Gasteiger partial charge in [-0.1, -0.05) is 0 Å². The first-order valence-corrected chi connectivity index (χ1v) is 7.31. The van der Waals surface area contributed by atoms with Crippen LogP contribution in [0.2, 0.25) is 0 Å². The van der Waals surface area contributed by atoms with Crippen molar-refractivity contribution in [2.24, 2.45) is 0 Å². The van der Waals surface area contributed by atoms with E-state index in [1.54, 1.807) is 6.07 Å². The Kier molecular flexibility index (Phi) is 4.22. The molecular formula is C13H19FN2OS. The summed E-state index contributed by atoms with van der Waals surface area (Å²) >= 11 is 1.92. The monoisotopic (exact) mass is 270 g/mol. The molecule has 100 valence electrons. The van der Waals surface area contributed by atoms with Crippen LogP contribution in [0, 0.1) is 5.82 Å². The summed E-state index contributed by atoms with van der Waals surface area (Å²) in [6.07, 6.45) is 1.06. The molecule has 2 rings (SSSR count). The number of halogens is 1. The van der Waals surface area contributed by atoms with E-state index in [9.17, 15) is 4.39 Å². The molecule has 1 atom stereocenters. The SMILES string of the molecule is CC(C)Oc1cc(NC2CCSC2)c(N)cc1F. The number of hydrogen-bond donors (Lipinski definition) is 2. The molecule has 1 saturated heterocycles. The number of nitrogen functional groups attached to an aromatic ring is 1. The van der Waals surface area contributed by atoms with Crippen LogP contribution in [0.15, 0.2) is 12.1 Å². The number of hydrogen-bond acceptors (Lipinski definition) is 4. The molecule has 0 amide bonds. The third-order valence-corrected chi connectivity index (χ3v) is 3.92. The Labute approximate surface area is 111 Å². The van der Waals surface area contributed by atoms with Crippen molar-refractivity contribution < 1.29 is 9.13 Å². The van der Waals surface area contributed by atoms with E-state index in [0.717, 1.165) is 23.6 Å². The lowest BCUT2D eigenvalue weighted by atomic mass is 10.2. The van der Waals surface area contributed by atoms with Gasteiger partial charge in [0.15, 0.2) is 11.6 Å². The first-order valence-electron chi connectivity index (χ1n) is 6.16. The molecule has 1 aliphatic heterocycles. The highest BCUT2D eigenvalue weighted by atomic mass is 32.2. The minimum Gasteiger partial charge on any atom is -0.488 e. The van der Waals surface area contributed by atoms with Gasteiger partial charge < -0.3 is 15.8 Å². The highest BCUT2D eigenvalue weighted by Gasteiger charge is 2.17. The van der Waals surface area contributed by atoms with Crippen LogP contribution in [-0.2, 0) is 0 Å². The molecule has 0 aromatic heterocycles.